The smallest absolute Gasteiger partial charge is 0.325 e. The van der Waals surface area contributed by atoms with Gasteiger partial charge in [0.2, 0.25) is 17.7 Å². The predicted molar refractivity (Wildman–Crippen MR) is 111 cm³/mol. The molecule has 2 aliphatic heterocycles. The number of phenols is 1. The first-order valence-electron chi connectivity index (χ1n) is 9.78. The predicted octanol–water partition coefficient (Wildman–Crippen LogP) is 0.449. The number of nitro groups is 1. The fourth-order valence-electron chi connectivity index (χ4n) is 4.78. The summed E-state index contributed by atoms with van der Waals surface area (Å²) in [6.07, 6.45) is -0.822. The normalized spacial score (nSPS) is 26.3. The zero-order chi connectivity index (χ0) is 24.1. The summed E-state index contributed by atoms with van der Waals surface area (Å²) in [6.45, 7) is 0. The van der Waals surface area contributed by atoms with Crippen molar-refractivity contribution in [1.82, 2.24) is 5.32 Å². The molecule has 0 unspecified atom stereocenters. The first-order chi connectivity index (χ1) is 15.6. The number of amides is 3. The van der Waals surface area contributed by atoms with E-state index >= 15 is 0 Å². The molecule has 12 nitrogen and oxygen atoms in total. The Bertz CT molecular complexity index is 1210. The number of nitro benzene ring substituents is 1. The third-order valence-electron chi connectivity index (χ3n) is 6.08. The van der Waals surface area contributed by atoms with Crippen molar-refractivity contribution in [2.45, 2.75) is 18.0 Å². The molecule has 0 aliphatic carbocycles. The maximum absolute atomic E-state index is 13.5. The Kier molecular flexibility index (Phi) is 5.09. The SMILES string of the molecule is NC(=O)C[C@]1(C(=O)O)N[C@@H](c2ccccc2O)[C@H]2C(=O)N(c3ccccc3[N+](=O)[O-])C(=O)[C@H]21. The topological polar surface area (TPSA) is 193 Å². The molecule has 3 amide bonds. The van der Waals surface area contributed by atoms with Gasteiger partial charge < -0.3 is 15.9 Å². The molecule has 2 aliphatic rings. The minimum atomic E-state index is -2.27. The van der Waals surface area contributed by atoms with Crippen LogP contribution in [0.2, 0.25) is 0 Å². The number of aromatic hydroxyl groups is 1. The number of nitrogens with one attached hydrogen (secondary N) is 1. The summed E-state index contributed by atoms with van der Waals surface area (Å²) < 4.78 is 0. The highest BCUT2D eigenvalue weighted by Gasteiger charge is 2.69. The monoisotopic (exact) mass is 454 g/mol. The molecule has 0 bridgehead atoms. The van der Waals surface area contributed by atoms with E-state index in [-0.39, 0.29) is 17.0 Å². The van der Waals surface area contributed by atoms with Crippen LogP contribution in [0.3, 0.4) is 0 Å². The Hall–Kier alpha value is -4.32. The van der Waals surface area contributed by atoms with E-state index in [1.807, 2.05) is 0 Å². The molecule has 4 rings (SSSR count). The Morgan fingerprint density at radius 3 is 2.36 bits per heavy atom. The molecule has 2 heterocycles. The number of imide groups is 1. The van der Waals surface area contributed by atoms with Crippen LogP contribution >= 0.6 is 0 Å². The molecule has 4 atom stereocenters. The average Bonchev–Trinajstić information content (AvgIpc) is 3.22. The molecule has 2 aromatic rings. The van der Waals surface area contributed by atoms with E-state index in [0.29, 0.717) is 4.90 Å². The number of rotatable bonds is 6. The Morgan fingerprint density at radius 2 is 1.76 bits per heavy atom. The fourth-order valence-corrected chi connectivity index (χ4v) is 4.78. The number of nitrogens with zero attached hydrogens (tertiary/aromatic N) is 2. The van der Waals surface area contributed by atoms with Crippen molar-refractivity contribution in [2.75, 3.05) is 4.90 Å². The number of benzene rings is 2. The molecule has 0 aromatic heterocycles. The van der Waals surface area contributed by atoms with Crippen LogP contribution in [-0.2, 0) is 19.2 Å². The number of aliphatic carboxylic acids is 1. The molecular weight excluding hydrogens is 436 g/mol. The van der Waals surface area contributed by atoms with Crippen LogP contribution in [0.5, 0.6) is 5.75 Å². The summed E-state index contributed by atoms with van der Waals surface area (Å²) in [7, 11) is 0. The van der Waals surface area contributed by atoms with Crippen molar-refractivity contribution in [2.24, 2.45) is 17.6 Å². The summed E-state index contributed by atoms with van der Waals surface area (Å²) in [5.74, 6) is -7.80. The average molecular weight is 454 g/mol. The Labute approximate surface area is 185 Å². The van der Waals surface area contributed by atoms with Crippen molar-refractivity contribution in [1.29, 1.82) is 0 Å². The summed E-state index contributed by atoms with van der Waals surface area (Å²) in [6, 6.07) is 9.69. The summed E-state index contributed by atoms with van der Waals surface area (Å²) in [4.78, 5) is 62.6. The van der Waals surface area contributed by atoms with Crippen LogP contribution in [0.25, 0.3) is 0 Å². The molecule has 33 heavy (non-hydrogen) atoms. The number of fused-ring (bicyclic) bond motifs is 1. The molecule has 0 radical (unpaired) electrons. The second kappa shape index (κ2) is 7.67. The molecule has 2 saturated heterocycles. The van der Waals surface area contributed by atoms with Gasteiger partial charge in [0, 0.05) is 17.7 Å². The Balaban J connectivity index is 1.93. The van der Waals surface area contributed by atoms with Gasteiger partial charge in [-0.25, -0.2) is 4.90 Å². The number of anilines is 1. The van der Waals surface area contributed by atoms with Gasteiger partial charge in [0.25, 0.3) is 5.69 Å². The van der Waals surface area contributed by atoms with E-state index in [9.17, 15) is 39.5 Å². The lowest BCUT2D eigenvalue weighted by atomic mass is 9.77. The van der Waals surface area contributed by atoms with E-state index in [1.165, 1.54) is 36.4 Å². The number of phenolic OH excluding ortho intramolecular Hbond substituents is 1. The fraction of sp³-hybridized carbons (Fsp3) is 0.238. The standard InChI is InChI=1S/C21H18N4O8/c22-14(27)9-21(20(30)31)16-15(17(23-21)10-5-1-4-8-13(10)26)18(28)24(19(16)29)11-6-2-3-7-12(11)25(32)33/h1-8,15-17,23,26H,9H2,(H2,22,27)(H,30,31)/t15-,16-,17-,21-/m0/s1. The lowest BCUT2D eigenvalue weighted by Crippen LogP contribution is -2.57. The number of carbonyl (C=O) groups excluding carboxylic acids is 3. The second-order valence-corrected chi connectivity index (χ2v) is 7.86. The molecule has 12 heteroatoms. The van der Waals surface area contributed by atoms with Gasteiger partial charge in [0.15, 0.2) is 0 Å². The van der Waals surface area contributed by atoms with E-state index in [1.54, 1.807) is 6.07 Å². The van der Waals surface area contributed by atoms with Crippen LogP contribution in [0.1, 0.15) is 18.0 Å². The molecule has 2 fully saturated rings. The van der Waals surface area contributed by atoms with Crippen LogP contribution in [0, 0.1) is 22.0 Å². The van der Waals surface area contributed by atoms with Crippen LogP contribution in [0.4, 0.5) is 11.4 Å². The maximum Gasteiger partial charge on any atom is 0.325 e. The zero-order valence-corrected chi connectivity index (χ0v) is 16.9. The van der Waals surface area contributed by atoms with Crippen LogP contribution in [0.15, 0.2) is 48.5 Å². The zero-order valence-electron chi connectivity index (χ0n) is 16.9. The lowest BCUT2D eigenvalue weighted by Gasteiger charge is -2.30. The first-order valence-corrected chi connectivity index (χ1v) is 9.78. The number of hydrogen-bond donors (Lipinski definition) is 4. The minimum absolute atomic E-state index is 0.130. The lowest BCUT2D eigenvalue weighted by molar-refractivity contribution is -0.384. The van der Waals surface area contributed by atoms with E-state index in [4.69, 9.17) is 5.73 Å². The number of hydrogen-bond acceptors (Lipinski definition) is 8. The third-order valence-corrected chi connectivity index (χ3v) is 6.08. The number of nitrogens with two attached hydrogens (primary N) is 1. The van der Waals surface area contributed by atoms with Crippen molar-refractivity contribution in [3.05, 3.63) is 64.2 Å². The summed E-state index contributed by atoms with van der Waals surface area (Å²) in [5, 5.41) is 34.6. The highest BCUT2D eigenvalue weighted by atomic mass is 16.6. The Morgan fingerprint density at radius 1 is 1.12 bits per heavy atom. The highest BCUT2D eigenvalue weighted by Crippen LogP contribution is 2.52. The van der Waals surface area contributed by atoms with Gasteiger partial charge in [-0.05, 0) is 12.1 Å². The van der Waals surface area contributed by atoms with Gasteiger partial charge in [-0.1, -0.05) is 30.3 Å². The van der Waals surface area contributed by atoms with Crippen LogP contribution in [-0.4, -0.2) is 44.4 Å². The molecular formula is C21H18N4O8. The number of primary amides is 1. The van der Waals surface area contributed by atoms with Crippen LogP contribution < -0.4 is 16.0 Å². The van der Waals surface area contributed by atoms with E-state index < -0.39 is 64.1 Å². The van der Waals surface area contributed by atoms with E-state index in [0.717, 1.165) is 6.07 Å². The molecule has 0 saturated carbocycles. The molecule has 170 valence electrons. The van der Waals surface area contributed by atoms with Gasteiger partial charge in [-0.3, -0.25) is 34.6 Å². The molecule has 2 aromatic carbocycles. The third kappa shape index (κ3) is 3.19. The minimum Gasteiger partial charge on any atom is -0.508 e. The van der Waals surface area contributed by atoms with Crippen molar-refractivity contribution in [3.63, 3.8) is 0 Å². The quantitative estimate of drug-likeness (QED) is 0.272. The van der Waals surface area contributed by atoms with Gasteiger partial charge in [-0.2, -0.15) is 0 Å². The number of carbonyl (C=O) groups is 4. The molecule has 5 N–H and O–H groups in total. The summed E-state index contributed by atoms with van der Waals surface area (Å²) in [5.41, 5.74) is 2.31. The molecule has 0 spiro atoms. The second-order valence-electron chi connectivity index (χ2n) is 7.86. The van der Waals surface area contributed by atoms with Gasteiger partial charge in [-0.15, -0.1) is 0 Å². The van der Waals surface area contributed by atoms with Gasteiger partial charge in [0.1, 0.15) is 17.0 Å². The van der Waals surface area contributed by atoms with E-state index in [2.05, 4.69) is 5.32 Å². The maximum atomic E-state index is 13.5. The number of para-hydroxylation sites is 3. The number of carboxylic acids is 1. The first kappa shape index (κ1) is 21.9. The summed E-state index contributed by atoms with van der Waals surface area (Å²) >= 11 is 0. The van der Waals surface area contributed by atoms with Gasteiger partial charge >= 0.3 is 5.97 Å². The van der Waals surface area contributed by atoms with Crippen molar-refractivity contribution in [3.8, 4) is 5.75 Å². The number of carboxylic acid groups (broad SMARTS) is 1. The van der Waals surface area contributed by atoms with Gasteiger partial charge in [0.05, 0.1) is 23.2 Å². The largest absolute Gasteiger partial charge is 0.508 e. The van der Waals surface area contributed by atoms with Crippen molar-refractivity contribution < 1.29 is 34.3 Å². The van der Waals surface area contributed by atoms with Crippen molar-refractivity contribution >= 4 is 35.1 Å². The highest BCUT2D eigenvalue weighted by molar-refractivity contribution is 6.25.